The average molecular weight is 1140 g/mol. The molecule has 19 atom stereocenters. The maximum Gasteiger partial charge on any atom is 0.160 e. The molecule has 2 saturated heterocycles. The Labute approximate surface area is 497 Å². The van der Waals surface area contributed by atoms with Gasteiger partial charge in [0.1, 0.15) is 17.6 Å². The van der Waals surface area contributed by atoms with Crippen LogP contribution in [-0.4, -0.2) is 93.4 Å². The summed E-state index contributed by atoms with van der Waals surface area (Å²) in [6.07, 6.45) is 20.0. The molecule has 0 amide bonds. The number of nitrogens with two attached hydrogens (primary N) is 1. The molecule has 458 valence electrons. The van der Waals surface area contributed by atoms with Crippen molar-refractivity contribution in [2.24, 2.45) is 80.8 Å². The standard InChI is InChI=1S/C72H107N3O8/c1-42(2)26-44-27-47(32-51(73)29-44)53-16-13-17-57(53)70(6)66(83-70)60(79)34-55-54-31-43(39-76)18-19-46(54)20-21-50(40-77)72-36-59-64-68(4,25-12-11-24-67(3,82)41-75-59)65(81)56(48-28-45(38-74-7)30-52(78)33-48)35-71(64,49-14-9-8-10-15-49)62(72)23-22-58-63(55)61(80)37-69(58,72)5/h27-30,32-33,42-43,46,49-50,53-57,59-60,62,64,66,74-79,82H,8-26,31,34-41,73H2,1-7H3. The van der Waals surface area contributed by atoms with Crippen molar-refractivity contribution in [3.05, 3.63) is 69.8 Å². The van der Waals surface area contributed by atoms with E-state index in [1.54, 1.807) is 0 Å². The number of epoxide rings is 1. The fraction of sp³-hybridized carbons (Fsp3) is 0.778. The van der Waals surface area contributed by atoms with Crippen LogP contribution in [0.15, 0.2) is 47.5 Å². The smallest absolute Gasteiger partial charge is 0.160 e. The Bertz CT molecular complexity index is 2770. The molecule has 2 aromatic carbocycles. The van der Waals surface area contributed by atoms with Gasteiger partial charge in [0.15, 0.2) is 5.78 Å². The van der Waals surface area contributed by atoms with Gasteiger partial charge in [-0.15, -0.1) is 0 Å². The van der Waals surface area contributed by atoms with Crippen LogP contribution in [0.2, 0.25) is 0 Å². The molecular weight excluding hydrogens is 1030 g/mol. The molecule has 83 heavy (non-hydrogen) atoms. The lowest BCUT2D eigenvalue weighted by Crippen LogP contribution is -2.75. The summed E-state index contributed by atoms with van der Waals surface area (Å²) in [5.41, 5.74) is 10.4. The molecule has 10 aliphatic rings. The number of β-amino-alcohol motifs (C(OH)–C–C–N with tert-alkyl or cyclic N) is 1. The van der Waals surface area contributed by atoms with E-state index < -0.39 is 39.5 Å². The summed E-state index contributed by atoms with van der Waals surface area (Å²) in [5, 5.41) is 67.9. The second-order valence-electron chi connectivity index (χ2n) is 31.4. The minimum atomic E-state index is -0.948. The second-order valence-corrected chi connectivity index (χ2v) is 31.4. The highest BCUT2D eigenvalue weighted by Crippen LogP contribution is 2.80. The zero-order valence-corrected chi connectivity index (χ0v) is 52.0. The molecule has 1 spiro atoms. The number of ketones is 2. The van der Waals surface area contributed by atoms with E-state index in [4.69, 9.17) is 10.5 Å². The fourth-order valence-electron chi connectivity index (χ4n) is 23.1. The number of hydrogen-bond acceptors (Lipinski definition) is 11. The number of carbonyl (C=O) groups is 2. The molecular formula is C72H107N3O8. The largest absolute Gasteiger partial charge is 0.508 e. The van der Waals surface area contributed by atoms with Gasteiger partial charge >= 0.3 is 0 Å². The van der Waals surface area contributed by atoms with E-state index in [1.165, 1.54) is 23.1 Å². The maximum absolute atomic E-state index is 16.3. The number of aliphatic hydroxyl groups is 4. The molecule has 2 aliphatic heterocycles. The zero-order chi connectivity index (χ0) is 58.6. The lowest BCUT2D eigenvalue weighted by atomic mass is 9.29. The number of hydrogen-bond donors (Lipinski definition) is 8. The van der Waals surface area contributed by atoms with Crippen LogP contribution in [0.5, 0.6) is 5.75 Å². The molecule has 12 rings (SSSR count). The average Bonchev–Trinajstić information content (AvgIpc) is 2.81. The Morgan fingerprint density at radius 3 is 2.33 bits per heavy atom. The topological polar surface area (TPSA) is 198 Å². The molecule has 4 bridgehead atoms. The van der Waals surface area contributed by atoms with E-state index in [2.05, 4.69) is 69.5 Å². The van der Waals surface area contributed by atoms with E-state index in [-0.39, 0.29) is 95.6 Å². The van der Waals surface area contributed by atoms with Crippen LogP contribution < -0.4 is 16.4 Å². The van der Waals surface area contributed by atoms with Gasteiger partial charge in [-0.1, -0.05) is 83.9 Å². The third-order valence-electron chi connectivity index (χ3n) is 26.2. The number of aromatic hydroxyl groups is 1. The maximum atomic E-state index is 16.3. The summed E-state index contributed by atoms with van der Waals surface area (Å²) in [4.78, 5) is 32.6. The number of allylic oxidation sites excluding steroid dienone is 2. The van der Waals surface area contributed by atoms with Crippen molar-refractivity contribution in [1.82, 2.24) is 10.6 Å². The second kappa shape index (κ2) is 22.8. The van der Waals surface area contributed by atoms with Gasteiger partial charge in [0.05, 0.1) is 17.3 Å². The number of fused-ring (bicyclic) bond motifs is 2. The molecule has 0 radical (unpaired) electrons. The Balaban J connectivity index is 0.999. The van der Waals surface area contributed by atoms with Gasteiger partial charge in [0, 0.05) is 61.2 Å². The number of ether oxygens (including phenoxy) is 1. The SMILES string of the molecule is CNCc1cc(O)cc(C2CC3(C4CCCCC4)C4C(CC56C(CO)CCC7CCC(CO)CC7C(CC(O)C7OC7(C)C7CCCC7c7cc(N)cc(CC(C)C)c7)C7=C(CCC35)C6(C)CC7=O)NCC(C)(O)CCCCC4(C)C2=O)c1. The molecule has 2 aromatic rings. The summed E-state index contributed by atoms with van der Waals surface area (Å²) in [5.74, 6) is 1.83. The zero-order valence-electron chi connectivity index (χ0n) is 52.0. The molecule has 8 aliphatic carbocycles. The van der Waals surface area contributed by atoms with E-state index >= 15 is 9.59 Å². The Morgan fingerprint density at radius 2 is 1.58 bits per heavy atom. The van der Waals surface area contributed by atoms with Crippen LogP contribution >= 0.6 is 0 Å². The Kier molecular flexibility index (Phi) is 16.5. The van der Waals surface area contributed by atoms with Crippen molar-refractivity contribution < 1.29 is 39.9 Å². The number of phenols is 1. The van der Waals surface area contributed by atoms with Gasteiger partial charge in [-0.3, -0.25) is 9.59 Å². The number of nitrogen functional groups attached to an aromatic ring is 1. The first-order valence-corrected chi connectivity index (χ1v) is 33.9. The summed E-state index contributed by atoms with van der Waals surface area (Å²) in [7, 11) is 1.92. The third-order valence-corrected chi connectivity index (χ3v) is 26.2. The summed E-state index contributed by atoms with van der Waals surface area (Å²) in [6, 6.07) is 12.4. The third kappa shape index (κ3) is 10.1. The minimum absolute atomic E-state index is 0.0193. The van der Waals surface area contributed by atoms with Crippen LogP contribution in [0.1, 0.15) is 223 Å². The van der Waals surface area contributed by atoms with Crippen molar-refractivity contribution in [2.45, 2.75) is 243 Å². The van der Waals surface area contributed by atoms with Gasteiger partial charge in [0.2, 0.25) is 0 Å². The van der Waals surface area contributed by atoms with Crippen molar-refractivity contribution in [2.75, 3.05) is 32.5 Å². The van der Waals surface area contributed by atoms with Crippen molar-refractivity contribution in [1.29, 1.82) is 0 Å². The van der Waals surface area contributed by atoms with E-state index in [1.807, 2.05) is 26.1 Å². The number of benzene rings is 2. The normalized spacial score (nSPS) is 43.3. The summed E-state index contributed by atoms with van der Waals surface area (Å²) < 4.78 is 6.93. The minimum Gasteiger partial charge on any atom is -0.508 e. The fourth-order valence-corrected chi connectivity index (χ4v) is 23.1. The molecule has 19 unspecified atom stereocenters. The number of aliphatic hydroxyl groups excluding tert-OH is 3. The van der Waals surface area contributed by atoms with E-state index in [0.29, 0.717) is 56.4 Å². The van der Waals surface area contributed by atoms with E-state index in [0.717, 1.165) is 144 Å². The van der Waals surface area contributed by atoms with Gasteiger partial charge in [-0.2, -0.15) is 0 Å². The molecule has 8 fully saturated rings. The van der Waals surface area contributed by atoms with Crippen LogP contribution in [0, 0.1) is 80.8 Å². The predicted molar refractivity (Wildman–Crippen MR) is 327 cm³/mol. The van der Waals surface area contributed by atoms with Gasteiger partial charge in [0.25, 0.3) is 0 Å². The Hall–Kier alpha value is -3.16. The number of phenolic OH excluding ortho intramolecular Hbond substituents is 1. The predicted octanol–water partition coefficient (Wildman–Crippen LogP) is 12.0. The van der Waals surface area contributed by atoms with Crippen LogP contribution in [0.3, 0.4) is 0 Å². The lowest BCUT2D eigenvalue weighted by Gasteiger charge is -2.75. The number of rotatable bonds is 13. The van der Waals surface area contributed by atoms with Crippen LogP contribution in [0.25, 0.3) is 0 Å². The Morgan fingerprint density at radius 1 is 0.819 bits per heavy atom. The summed E-state index contributed by atoms with van der Waals surface area (Å²) in [6.45, 7) is 14.6. The van der Waals surface area contributed by atoms with Crippen molar-refractivity contribution in [3.8, 4) is 5.75 Å². The van der Waals surface area contributed by atoms with Crippen LogP contribution in [0.4, 0.5) is 5.69 Å². The lowest BCUT2D eigenvalue weighted by molar-refractivity contribution is -0.250. The summed E-state index contributed by atoms with van der Waals surface area (Å²) >= 11 is 0. The van der Waals surface area contributed by atoms with E-state index in [9.17, 15) is 25.5 Å². The quantitative estimate of drug-likeness (QED) is 0.0702. The van der Waals surface area contributed by atoms with Gasteiger partial charge < -0.3 is 46.6 Å². The molecule has 11 heteroatoms. The first kappa shape index (κ1) is 60.1. The van der Waals surface area contributed by atoms with Crippen molar-refractivity contribution in [3.63, 3.8) is 0 Å². The van der Waals surface area contributed by atoms with Gasteiger partial charge in [-0.25, -0.2) is 0 Å². The van der Waals surface area contributed by atoms with Gasteiger partial charge in [-0.05, 0) is 258 Å². The number of anilines is 1. The molecule has 6 saturated carbocycles. The highest BCUT2D eigenvalue weighted by molar-refractivity contribution is 6.01. The molecule has 0 aromatic heterocycles. The number of Topliss-reactive ketones (excluding diaryl/α,β-unsaturated/α-hetero) is 2. The highest BCUT2D eigenvalue weighted by Gasteiger charge is 2.77. The first-order valence-electron chi connectivity index (χ1n) is 33.9. The molecule has 2 heterocycles. The molecule has 9 N–H and O–H groups in total. The molecule has 11 nitrogen and oxygen atoms in total. The highest BCUT2D eigenvalue weighted by atomic mass is 16.6. The first-order chi connectivity index (χ1) is 39.6. The van der Waals surface area contributed by atoms with Crippen LogP contribution in [-0.2, 0) is 27.3 Å². The number of nitrogens with one attached hydrogen (secondary N) is 2. The number of carbonyl (C=O) groups excluding carboxylic acids is 2. The monoisotopic (exact) mass is 1140 g/mol. The van der Waals surface area contributed by atoms with Crippen molar-refractivity contribution >= 4 is 17.3 Å².